The molecule has 29 heavy (non-hydrogen) atoms. The van der Waals surface area contributed by atoms with Gasteiger partial charge in [0.25, 0.3) is 0 Å². The fourth-order valence-electron chi connectivity index (χ4n) is 7.09. The van der Waals surface area contributed by atoms with Gasteiger partial charge in [0.1, 0.15) is 0 Å². The van der Waals surface area contributed by atoms with Crippen LogP contribution in [0.3, 0.4) is 0 Å². The minimum Gasteiger partial charge on any atom is -0.204 e. The van der Waals surface area contributed by atoms with E-state index in [-0.39, 0.29) is 0 Å². The molecule has 0 unspecified atom stereocenters. The van der Waals surface area contributed by atoms with Crippen LogP contribution >= 0.6 is 0 Å². The van der Waals surface area contributed by atoms with Crippen molar-refractivity contribution in [3.05, 3.63) is 35.4 Å². The number of fused-ring (bicyclic) bond motifs is 1. The topological polar surface area (TPSA) is 0 Å². The third-order valence-corrected chi connectivity index (χ3v) is 8.83. The van der Waals surface area contributed by atoms with Crippen LogP contribution in [0.25, 0.3) is 0 Å². The largest absolute Gasteiger partial charge is 0.204 e. The Morgan fingerprint density at radius 2 is 1.38 bits per heavy atom. The Balaban J connectivity index is 1.24. The predicted octanol–water partition coefficient (Wildman–Crippen LogP) is 8.65. The zero-order valence-corrected chi connectivity index (χ0v) is 18.4. The lowest BCUT2D eigenvalue weighted by atomic mass is 9.60. The first kappa shape index (κ1) is 21.3. The molecule has 0 radical (unpaired) electrons. The van der Waals surface area contributed by atoms with Gasteiger partial charge in [0.15, 0.2) is 11.6 Å². The Morgan fingerprint density at radius 3 is 2.10 bits per heavy atom. The van der Waals surface area contributed by atoms with Crippen molar-refractivity contribution in [1.82, 2.24) is 0 Å². The van der Waals surface area contributed by atoms with Gasteiger partial charge in [-0.05, 0) is 111 Å². The molecule has 0 amide bonds. The Hall–Kier alpha value is -0.920. The summed E-state index contributed by atoms with van der Waals surface area (Å²) in [6, 6.07) is 4.54. The molecule has 0 saturated heterocycles. The molecule has 1 aromatic rings. The van der Waals surface area contributed by atoms with E-state index in [1.165, 1.54) is 89.2 Å². The molecule has 3 fully saturated rings. The maximum Gasteiger partial charge on any atom is 0.159 e. The average molecular weight is 403 g/mol. The molecular formula is C27H40F2. The second kappa shape index (κ2) is 9.92. The maximum absolute atomic E-state index is 13.6. The highest BCUT2D eigenvalue weighted by Gasteiger charge is 2.38. The summed E-state index contributed by atoms with van der Waals surface area (Å²) in [5.41, 5.74) is 1.01. The molecule has 162 valence electrons. The number of rotatable bonds is 6. The maximum atomic E-state index is 13.6. The third kappa shape index (κ3) is 5.23. The van der Waals surface area contributed by atoms with Gasteiger partial charge >= 0.3 is 0 Å². The molecular weight excluding hydrogens is 362 g/mol. The number of hydrogen-bond donors (Lipinski definition) is 0. The van der Waals surface area contributed by atoms with Crippen LogP contribution in [0.4, 0.5) is 8.78 Å². The summed E-state index contributed by atoms with van der Waals surface area (Å²) in [4.78, 5) is 0. The normalized spacial score (nSPS) is 35.3. The fourth-order valence-corrected chi connectivity index (χ4v) is 7.09. The van der Waals surface area contributed by atoms with Crippen molar-refractivity contribution in [2.75, 3.05) is 0 Å². The van der Waals surface area contributed by atoms with E-state index in [2.05, 4.69) is 6.92 Å². The Kier molecular flexibility index (Phi) is 7.30. The fraction of sp³-hybridized carbons (Fsp3) is 0.778. The van der Waals surface area contributed by atoms with E-state index in [4.69, 9.17) is 0 Å². The average Bonchev–Trinajstić information content (AvgIpc) is 2.75. The summed E-state index contributed by atoms with van der Waals surface area (Å²) in [5.74, 6) is 3.86. The molecule has 0 aliphatic heterocycles. The van der Waals surface area contributed by atoms with Gasteiger partial charge in [-0.25, -0.2) is 8.78 Å². The summed E-state index contributed by atoms with van der Waals surface area (Å²) >= 11 is 0. The number of halogens is 2. The lowest BCUT2D eigenvalue weighted by Gasteiger charge is -2.45. The number of hydrogen-bond acceptors (Lipinski definition) is 0. The summed E-state index contributed by atoms with van der Waals surface area (Å²) in [5, 5.41) is 0. The minimum atomic E-state index is -0.723. The lowest BCUT2D eigenvalue weighted by molar-refractivity contribution is 0.0614. The molecule has 3 saturated carbocycles. The zero-order valence-electron chi connectivity index (χ0n) is 18.4. The van der Waals surface area contributed by atoms with Crippen molar-refractivity contribution >= 4 is 0 Å². The highest BCUT2D eigenvalue weighted by Crippen LogP contribution is 2.50. The molecule has 0 bridgehead atoms. The highest BCUT2D eigenvalue weighted by atomic mass is 19.2. The molecule has 0 aromatic heterocycles. The summed E-state index contributed by atoms with van der Waals surface area (Å²) < 4.78 is 26.8. The van der Waals surface area contributed by atoms with Crippen LogP contribution in [-0.4, -0.2) is 0 Å². The van der Waals surface area contributed by atoms with Gasteiger partial charge in [-0.3, -0.25) is 0 Å². The van der Waals surface area contributed by atoms with Crippen LogP contribution in [-0.2, 0) is 0 Å². The van der Waals surface area contributed by atoms with Crippen molar-refractivity contribution in [3.63, 3.8) is 0 Å². The second-order valence-electron chi connectivity index (χ2n) is 10.6. The first-order chi connectivity index (χ1) is 14.1. The lowest BCUT2D eigenvalue weighted by Crippen LogP contribution is -2.34. The molecule has 0 nitrogen and oxygen atoms in total. The van der Waals surface area contributed by atoms with Gasteiger partial charge in [0.05, 0.1) is 0 Å². The van der Waals surface area contributed by atoms with E-state index < -0.39 is 11.6 Å². The van der Waals surface area contributed by atoms with E-state index >= 15 is 0 Å². The van der Waals surface area contributed by atoms with Crippen molar-refractivity contribution in [3.8, 4) is 0 Å². The van der Waals surface area contributed by atoms with Crippen LogP contribution in [0.15, 0.2) is 18.2 Å². The van der Waals surface area contributed by atoms with E-state index in [0.29, 0.717) is 5.92 Å². The smallest absolute Gasteiger partial charge is 0.159 e. The van der Waals surface area contributed by atoms with Gasteiger partial charge in [0, 0.05) is 0 Å². The van der Waals surface area contributed by atoms with E-state index in [1.54, 1.807) is 6.07 Å². The molecule has 3 aliphatic rings. The number of benzene rings is 1. The first-order valence-electron chi connectivity index (χ1n) is 12.6. The van der Waals surface area contributed by atoms with Crippen LogP contribution in [0.2, 0.25) is 0 Å². The predicted molar refractivity (Wildman–Crippen MR) is 117 cm³/mol. The molecule has 0 N–H and O–H groups in total. The van der Waals surface area contributed by atoms with E-state index in [0.717, 1.165) is 48.0 Å². The quantitative estimate of drug-likeness (QED) is 0.418. The van der Waals surface area contributed by atoms with Gasteiger partial charge in [-0.15, -0.1) is 0 Å². The van der Waals surface area contributed by atoms with Gasteiger partial charge < -0.3 is 0 Å². The Bertz CT molecular complexity index is 646. The Morgan fingerprint density at radius 1 is 0.724 bits per heavy atom. The number of unbranched alkanes of at least 4 members (excludes halogenated alkanes) is 2. The molecule has 1 aromatic carbocycles. The summed E-state index contributed by atoms with van der Waals surface area (Å²) in [6.07, 6.45) is 19.5. The molecule has 4 rings (SSSR count). The van der Waals surface area contributed by atoms with Crippen LogP contribution in [0.5, 0.6) is 0 Å². The third-order valence-electron chi connectivity index (χ3n) is 8.83. The molecule has 0 spiro atoms. The summed E-state index contributed by atoms with van der Waals surface area (Å²) in [6.45, 7) is 2.31. The summed E-state index contributed by atoms with van der Waals surface area (Å²) in [7, 11) is 0. The molecule has 3 aliphatic carbocycles. The van der Waals surface area contributed by atoms with Crippen molar-refractivity contribution in [1.29, 1.82) is 0 Å². The Labute approximate surface area is 176 Å². The standard InChI is InChI=1S/C27H40F2/c1-2-3-4-5-19-6-7-24-17-23(13-12-22(24)16-19)20-8-10-21(11-9-20)25-14-15-26(28)27(29)18-25/h14-15,18-24H,2-13,16-17H2,1H3/t19-,20?,21?,22-,23+,24+/m0/s1. The van der Waals surface area contributed by atoms with Crippen LogP contribution in [0, 0.1) is 41.2 Å². The molecule has 0 heterocycles. The molecule has 2 heteroatoms. The SMILES string of the molecule is CCCCC[C@H]1CC[C@@H]2C[C@H](C3CCC(c4ccc(F)c(F)c4)CC3)CC[C@H]2C1. The van der Waals surface area contributed by atoms with Crippen LogP contribution in [0.1, 0.15) is 108 Å². The van der Waals surface area contributed by atoms with E-state index in [1.807, 2.05) is 0 Å². The monoisotopic (exact) mass is 402 g/mol. The van der Waals surface area contributed by atoms with Crippen molar-refractivity contribution in [2.24, 2.45) is 29.6 Å². The second-order valence-corrected chi connectivity index (χ2v) is 10.6. The minimum absolute atomic E-state index is 0.427. The van der Waals surface area contributed by atoms with Crippen molar-refractivity contribution < 1.29 is 8.78 Å². The van der Waals surface area contributed by atoms with Crippen molar-refractivity contribution in [2.45, 2.75) is 103 Å². The van der Waals surface area contributed by atoms with Crippen LogP contribution < -0.4 is 0 Å². The van der Waals surface area contributed by atoms with Gasteiger partial charge in [0.2, 0.25) is 0 Å². The zero-order chi connectivity index (χ0) is 20.2. The first-order valence-corrected chi connectivity index (χ1v) is 12.6. The van der Waals surface area contributed by atoms with Gasteiger partial charge in [-0.1, -0.05) is 45.1 Å². The highest BCUT2D eigenvalue weighted by molar-refractivity contribution is 5.22. The van der Waals surface area contributed by atoms with Gasteiger partial charge in [-0.2, -0.15) is 0 Å². The van der Waals surface area contributed by atoms with E-state index in [9.17, 15) is 8.78 Å². The molecule has 4 atom stereocenters.